The van der Waals surface area contributed by atoms with Crippen molar-refractivity contribution in [3.8, 4) is 0 Å². The largest absolute Gasteiger partial charge is 0.395 e. The molecule has 39 heavy (non-hydrogen) atoms. The van der Waals surface area contributed by atoms with Crippen LogP contribution in [0.1, 0.15) is 108 Å². The highest BCUT2D eigenvalue weighted by atomic mass is 19.4. The third-order valence-electron chi connectivity index (χ3n) is 7.13. The molecule has 1 unspecified atom stereocenters. The highest BCUT2D eigenvalue weighted by Gasteiger charge is 2.41. The quantitative estimate of drug-likeness (QED) is 0.140. The Morgan fingerprint density at radius 1 is 1.05 bits per heavy atom. The number of anilines is 2. The number of rotatable bonds is 12. The number of carbonyl (C=O) groups is 1. The second-order valence-corrected chi connectivity index (χ2v) is 10.1. The number of benzene rings is 1. The number of halogens is 4. The smallest absolute Gasteiger partial charge is 0.387 e. The molecule has 0 spiro atoms. The molecule has 1 aliphatic carbocycles. The van der Waals surface area contributed by atoms with Gasteiger partial charge in [0.15, 0.2) is 0 Å². The maximum absolute atomic E-state index is 13.7. The molecule has 1 fully saturated rings. The Bertz CT molecular complexity index is 1080. The van der Waals surface area contributed by atoms with Crippen LogP contribution < -0.4 is 10.6 Å². The number of carbonyl (C=O) groups excluding carboxylic acids is 1. The van der Waals surface area contributed by atoms with Crippen molar-refractivity contribution in [2.75, 3.05) is 17.7 Å². The van der Waals surface area contributed by atoms with Crippen molar-refractivity contribution in [1.82, 2.24) is 4.98 Å². The van der Waals surface area contributed by atoms with Crippen LogP contribution >= 0.6 is 0 Å². The molecule has 2 aromatic rings. The van der Waals surface area contributed by atoms with Crippen LogP contribution in [0.25, 0.3) is 0 Å². The lowest BCUT2D eigenvalue weighted by molar-refractivity contribution is -0.146. The van der Waals surface area contributed by atoms with Crippen LogP contribution in [-0.4, -0.2) is 29.8 Å². The maximum Gasteiger partial charge on any atom is 0.395 e. The highest BCUT2D eigenvalue weighted by molar-refractivity contribution is 6.15. The minimum atomic E-state index is -4.61. The van der Waals surface area contributed by atoms with Crippen molar-refractivity contribution in [2.45, 2.75) is 97.1 Å². The van der Waals surface area contributed by atoms with Gasteiger partial charge in [-0.05, 0) is 44.0 Å². The van der Waals surface area contributed by atoms with E-state index in [1.165, 1.54) is 70.3 Å². The Kier molecular flexibility index (Phi) is 12.9. The lowest BCUT2D eigenvalue weighted by atomic mass is 9.84. The van der Waals surface area contributed by atoms with Gasteiger partial charge in [0.1, 0.15) is 11.6 Å². The molecule has 1 aromatic heterocycles. The summed E-state index contributed by atoms with van der Waals surface area (Å²) in [4.78, 5) is 16.4. The van der Waals surface area contributed by atoms with E-state index in [-0.39, 0.29) is 45.7 Å². The van der Waals surface area contributed by atoms with Gasteiger partial charge in [-0.2, -0.15) is 13.2 Å². The zero-order valence-electron chi connectivity index (χ0n) is 23.5. The first kappa shape index (κ1) is 32.2. The second-order valence-electron chi connectivity index (χ2n) is 10.1. The molecule has 0 aliphatic heterocycles. The van der Waals surface area contributed by atoms with Gasteiger partial charge in [-0.1, -0.05) is 65.2 Å². The van der Waals surface area contributed by atoms with Crippen molar-refractivity contribution in [3.05, 3.63) is 53.0 Å². The van der Waals surface area contributed by atoms with E-state index < -0.39 is 17.9 Å². The minimum absolute atomic E-state index is 0.0261. The summed E-state index contributed by atoms with van der Waals surface area (Å²) in [5, 5.41) is 13.8. The molecule has 0 saturated heterocycles. The first-order chi connectivity index (χ1) is 18.5. The van der Waals surface area contributed by atoms with Crippen LogP contribution in [0.3, 0.4) is 0 Å². The molecule has 1 amide bonds. The van der Waals surface area contributed by atoms with Gasteiger partial charge in [-0.3, -0.25) is 10.2 Å². The molecule has 0 bridgehead atoms. The highest BCUT2D eigenvalue weighted by Crippen LogP contribution is 2.40. The summed E-state index contributed by atoms with van der Waals surface area (Å²) in [7, 11) is 1.53. The topological polar surface area (TPSA) is 77.9 Å². The fourth-order valence-corrected chi connectivity index (χ4v) is 4.40. The van der Waals surface area contributed by atoms with Crippen LogP contribution in [0.4, 0.5) is 29.1 Å². The Morgan fingerprint density at radius 3 is 2.18 bits per heavy atom. The standard InChI is InChI=1S/C21H22F4N4O.C9H20/c1-11(21(23,24)25)17-15(18(26)14-7-6-13(22)10-16(14)27-2)8-9-28-19(17)29-20(30)12-4-3-5-12;1-3-5-7-9-8-6-4-2/h6-12,26-27H,3-5H2,1-2H3,(H,28,29,30);3-9H2,1-2H3. The lowest BCUT2D eigenvalue weighted by Crippen LogP contribution is -2.30. The van der Waals surface area contributed by atoms with Crippen molar-refractivity contribution in [2.24, 2.45) is 5.92 Å². The Balaban J connectivity index is 0.000000510. The van der Waals surface area contributed by atoms with E-state index in [4.69, 9.17) is 5.41 Å². The van der Waals surface area contributed by atoms with E-state index in [9.17, 15) is 22.4 Å². The summed E-state index contributed by atoms with van der Waals surface area (Å²) in [6.07, 6.45) is 8.90. The Labute approximate surface area is 229 Å². The molecule has 1 saturated carbocycles. The van der Waals surface area contributed by atoms with Gasteiger partial charge in [-0.15, -0.1) is 0 Å². The van der Waals surface area contributed by atoms with Gasteiger partial charge < -0.3 is 10.6 Å². The van der Waals surface area contributed by atoms with E-state index in [0.29, 0.717) is 12.8 Å². The molecule has 1 aromatic carbocycles. The van der Waals surface area contributed by atoms with Gasteiger partial charge in [-0.25, -0.2) is 9.37 Å². The Morgan fingerprint density at radius 2 is 1.67 bits per heavy atom. The summed E-state index contributed by atoms with van der Waals surface area (Å²) in [6, 6.07) is 4.94. The van der Waals surface area contributed by atoms with Crippen LogP contribution in [0, 0.1) is 17.1 Å². The molecule has 1 aliphatic rings. The fraction of sp³-hybridized carbons (Fsp3) is 0.567. The summed E-state index contributed by atoms with van der Waals surface area (Å²) in [5.41, 5.74) is -0.0395. The Hall–Kier alpha value is -2.97. The van der Waals surface area contributed by atoms with Crippen molar-refractivity contribution < 1.29 is 22.4 Å². The van der Waals surface area contributed by atoms with Gasteiger partial charge in [0.25, 0.3) is 0 Å². The van der Waals surface area contributed by atoms with Gasteiger partial charge in [0, 0.05) is 41.5 Å². The van der Waals surface area contributed by atoms with E-state index in [1.807, 2.05) is 0 Å². The first-order valence-electron chi connectivity index (χ1n) is 14.0. The number of amides is 1. The number of hydrogen-bond donors (Lipinski definition) is 3. The number of nitrogens with one attached hydrogen (secondary N) is 3. The average molecular weight is 551 g/mol. The third-order valence-corrected chi connectivity index (χ3v) is 7.13. The predicted octanol–water partition coefficient (Wildman–Crippen LogP) is 8.84. The summed E-state index contributed by atoms with van der Waals surface area (Å²) in [6.45, 7) is 5.50. The van der Waals surface area contributed by atoms with Crippen molar-refractivity contribution >= 4 is 23.1 Å². The molecule has 3 N–H and O–H groups in total. The average Bonchev–Trinajstić information content (AvgIpc) is 2.86. The first-order valence-corrected chi connectivity index (χ1v) is 14.0. The number of unbranched alkanes of at least 4 members (excludes halogenated alkanes) is 6. The van der Waals surface area contributed by atoms with Crippen molar-refractivity contribution in [3.63, 3.8) is 0 Å². The molecule has 9 heteroatoms. The normalized spacial score (nSPS) is 14.1. The molecular weight excluding hydrogens is 508 g/mol. The molecule has 1 atom stereocenters. The fourth-order valence-electron chi connectivity index (χ4n) is 4.40. The van der Waals surface area contributed by atoms with Crippen molar-refractivity contribution in [1.29, 1.82) is 5.41 Å². The number of alkyl halides is 3. The van der Waals surface area contributed by atoms with Crippen LogP contribution in [0.5, 0.6) is 0 Å². The minimum Gasteiger partial charge on any atom is -0.387 e. The molecule has 1 heterocycles. The zero-order valence-corrected chi connectivity index (χ0v) is 23.5. The number of hydrogen-bond acceptors (Lipinski definition) is 4. The SMILES string of the molecule is CCCCCCCCC.CNc1cc(F)ccc1C(=N)c1ccnc(NC(=O)C2CCC2)c1C(C)C(F)(F)F. The molecule has 0 radical (unpaired) electrons. The van der Waals surface area contributed by atoms with E-state index in [2.05, 4.69) is 29.5 Å². The van der Waals surface area contributed by atoms with Gasteiger partial charge >= 0.3 is 6.18 Å². The van der Waals surface area contributed by atoms with E-state index in [1.54, 1.807) is 0 Å². The van der Waals surface area contributed by atoms with Gasteiger partial charge in [0.2, 0.25) is 5.91 Å². The van der Waals surface area contributed by atoms with Gasteiger partial charge in [0.05, 0.1) is 11.6 Å². The van der Waals surface area contributed by atoms with Crippen LogP contribution in [0.15, 0.2) is 30.5 Å². The summed E-state index contributed by atoms with van der Waals surface area (Å²) < 4.78 is 54.5. The molecule has 5 nitrogen and oxygen atoms in total. The molecular formula is C30H42F4N4O. The van der Waals surface area contributed by atoms with E-state index >= 15 is 0 Å². The number of pyridine rings is 1. The van der Waals surface area contributed by atoms with Crippen LogP contribution in [-0.2, 0) is 4.79 Å². The predicted molar refractivity (Wildman–Crippen MR) is 150 cm³/mol. The molecule has 3 rings (SSSR count). The number of aromatic nitrogens is 1. The lowest BCUT2D eigenvalue weighted by Gasteiger charge is -2.26. The monoisotopic (exact) mass is 550 g/mol. The number of nitrogens with zero attached hydrogens (tertiary/aromatic N) is 1. The molecule has 216 valence electrons. The summed E-state index contributed by atoms with van der Waals surface area (Å²) >= 11 is 0. The van der Waals surface area contributed by atoms with Crippen LogP contribution in [0.2, 0.25) is 0 Å². The third kappa shape index (κ3) is 9.32. The zero-order chi connectivity index (χ0) is 29.0. The summed E-state index contributed by atoms with van der Waals surface area (Å²) in [5.74, 6) is -3.32. The van der Waals surface area contributed by atoms with E-state index in [0.717, 1.165) is 25.5 Å². The second kappa shape index (κ2) is 15.6. The maximum atomic E-state index is 13.7.